The topological polar surface area (TPSA) is 199 Å². The van der Waals surface area contributed by atoms with Gasteiger partial charge in [-0.15, -0.1) is 41.3 Å². The van der Waals surface area contributed by atoms with Crippen molar-refractivity contribution in [2.24, 2.45) is 5.16 Å². The number of thiazole rings is 1. The zero-order valence-corrected chi connectivity index (χ0v) is 21.9. The average Bonchev–Trinajstić information content (AvgIpc) is 3.32. The maximum atomic E-state index is 13.0. The summed E-state index contributed by atoms with van der Waals surface area (Å²) in [6, 6.07) is 0.662. The predicted molar refractivity (Wildman–Crippen MR) is 144 cm³/mol. The van der Waals surface area contributed by atoms with E-state index in [1.807, 2.05) is 0 Å². The van der Waals surface area contributed by atoms with Crippen molar-refractivity contribution in [1.82, 2.24) is 25.2 Å². The van der Waals surface area contributed by atoms with Gasteiger partial charge in [-0.3, -0.25) is 14.5 Å². The number of terminal acetylenes is 1. The number of carbonyl (C=O) groups excluding carboxylic acids is 2. The van der Waals surface area contributed by atoms with Crippen LogP contribution in [0.2, 0.25) is 0 Å². The number of nitrogens with one attached hydrogen (secondary N) is 1. The number of carboxylic acids is 1. The number of carboxylic acid groups (broad SMARTS) is 1. The van der Waals surface area contributed by atoms with Crippen LogP contribution < -0.4 is 16.8 Å². The second kappa shape index (κ2) is 12.0. The summed E-state index contributed by atoms with van der Waals surface area (Å²) < 4.78 is 0. The second-order valence-electron chi connectivity index (χ2n) is 7.52. The number of aliphatic carboxylic acids is 1. The van der Waals surface area contributed by atoms with Crippen molar-refractivity contribution in [3.8, 4) is 12.3 Å². The van der Waals surface area contributed by atoms with Gasteiger partial charge in [-0.05, 0) is 5.57 Å². The van der Waals surface area contributed by atoms with Gasteiger partial charge in [-0.2, -0.15) is 0 Å². The molecule has 2 amide bonds. The lowest BCUT2D eigenvalue weighted by Crippen LogP contribution is -2.71. The highest BCUT2D eigenvalue weighted by atomic mass is 32.2. The van der Waals surface area contributed by atoms with E-state index in [0.717, 1.165) is 11.3 Å². The van der Waals surface area contributed by atoms with Crippen molar-refractivity contribution in [2.45, 2.75) is 16.4 Å². The number of β-lactam (4-membered cyclic amide) rings is 1. The summed E-state index contributed by atoms with van der Waals surface area (Å²) in [5.41, 5.74) is 11.6. The van der Waals surface area contributed by atoms with Crippen LogP contribution in [0.3, 0.4) is 0 Å². The summed E-state index contributed by atoms with van der Waals surface area (Å²) in [7, 11) is 0. The van der Waals surface area contributed by atoms with E-state index < -0.39 is 29.2 Å². The van der Waals surface area contributed by atoms with E-state index in [1.54, 1.807) is 18.2 Å². The fourth-order valence-electron chi connectivity index (χ4n) is 3.47. The Morgan fingerprint density at radius 3 is 2.92 bits per heavy atom. The predicted octanol–water partition coefficient (Wildman–Crippen LogP) is 0.539. The molecule has 0 unspecified atom stereocenters. The summed E-state index contributed by atoms with van der Waals surface area (Å²) >= 11 is 3.82. The van der Waals surface area contributed by atoms with Gasteiger partial charge in [-0.1, -0.05) is 23.2 Å². The highest BCUT2D eigenvalue weighted by molar-refractivity contribution is 8.00. The zero-order valence-electron chi connectivity index (χ0n) is 19.4. The fourth-order valence-corrected chi connectivity index (χ4v) is 6.03. The van der Waals surface area contributed by atoms with Crippen LogP contribution in [0.1, 0.15) is 5.69 Å². The first kappa shape index (κ1) is 27.0. The van der Waals surface area contributed by atoms with Crippen molar-refractivity contribution in [1.29, 1.82) is 0 Å². The summed E-state index contributed by atoms with van der Waals surface area (Å²) in [6.45, 7) is -0.181. The average molecular weight is 573 g/mol. The molecule has 2 aromatic heterocycles. The molecule has 0 radical (unpaired) electrons. The molecule has 0 aliphatic carbocycles. The van der Waals surface area contributed by atoms with Gasteiger partial charge in [-0.25, -0.2) is 19.7 Å². The van der Waals surface area contributed by atoms with Gasteiger partial charge in [0.25, 0.3) is 11.8 Å². The van der Waals surface area contributed by atoms with E-state index in [4.69, 9.17) is 22.7 Å². The minimum absolute atomic E-state index is 0.129. The maximum absolute atomic E-state index is 13.0. The molecule has 0 aromatic carbocycles. The molecule has 4 heterocycles. The van der Waals surface area contributed by atoms with Crippen molar-refractivity contribution in [3.05, 3.63) is 46.9 Å². The molecule has 1 saturated heterocycles. The molecule has 4 rings (SSSR count). The van der Waals surface area contributed by atoms with Crippen molar-refractivity contribution >= 4 is 69.3 Å². The van der Waals surface area contributed by atoms with E-state index in [1.165, 1.54) is 40.1 Å². The van der Waals surface area contributed by atoms with Crippen molar-refractivity contribution in [2.75, 3.05) is 29.6 Å². The summed E-state index contributed by atoms with van der Waals surface area (Å²) in [5.74, 6) is 0.853. The van der Waals surface area contributed by atoms with Crippen LogP contribution in [0.4, 0.5) is 10.9 Å². The highest BCUT2D eigenvalue weighted by Gasteiger charge is 2.54. The number of fused-ring (bicyclic) bond motifs is 1. The monoisotopic (exact) mass is 572 g/mol. The number of allylic oxidation sites excluding steroid dienone is 1. The maximum Gasteiger partial charge on any atom is 0.352 e. The Kier molecular flexibility index (Phi) is 8.51. The fraction of sp³-hybridized carbons (Fsp3) is 0.227. The number of nitrogens with zero attached hydrogens (tertiary/aromatic N) is 5. The molecule has 0 bridgehead atoms. The summed E-state index contributed by atoms with van der Waals surface area (Å²) in [5, 5.41) is 18.0. The Hall–Kier alpha value is -4.07. The zero-order chi connectivity index (χ0) is 27.2. The van der Waals surface area contributed by atoms with Crippen LogP contribution in [0.25, 0.3) is 0 Å². The molecule has 16 heteroatoms. The van der Waals surface area contributed by atoms with Crippen molar-refractivity contribution in [3.63, 3.8) is 0 Å². The lowest BCUT2D eigenvalue weighted by molar-refractivity contribution is -0.150. The van der Waals surface area contributed by atoms with Crippen LogP contribution in [0.5, 0.6) is 0 Å². The standard InChI is InChI=1S/C22H20N8O5S3/c1-2-5-35-29-15(12-9-38-22(24)27-12)18(31)28-16-19(32)30-17(21(33)34)11(8-37-20(16)30)4-3-6-36-14-7-13(23)25-10-26-14/h1,3-4,7,9-10,16,20H,5-6,8H2,(H2,24,27)(H,28,31)(H,33,34)(H2,23,25,26)/b4-3+,29-15-/t16-,20-/m1/s1. The third-order valence-corrected chi connectivity index (χ3v) is 7.93. The number of hydrogen-bond acceptors (Lipinski definition) is 13. The van der Waals surface area contributed by atoms with E-state index in [-0.39, 0.29) is 28.8 Å². The van der Waals surface area contributed by atoms with E-state index >= 15 is 0 Å². The number of anilines is 2. The largest absolute Gasteiger partial charge is 0.477 e. The number of rotatable bonds is 10. The van der Waals surface area contributed by atoms with Gasteiger partial charge in [0.05, 0.1) is 0 Å². The number of hydrogen-bond donors (Lipinski definition) is 4. The molecule has 2 atom stereocenters. The second-order valence-corrected chi connectivity index (χ2v) is 10.6. The Morgan fingerprint density at radius 2 is 2.24 bits per heavy atom. The number of thioether (sulfide) groups is 2. The quantitative estimate of drug-likeness (QED) is 0.0587. The van der Waals surface area contributed by atoms with Gasteiger partial charge in [0.2, 0.25) is 0 Å². The highest BCUT2D eigenvalue weighted by Crippen LogP contribution is 2.40. The lowest BCUT2D eigenvalue weighted by Gasteiger charge is -2.49. The number of aromatic nitrogens is 3. The van der Waals surface area contributed by atoms with Gasteiger partial charge < -0.3 is 26.7 Å². The molecule has 2 aliphatic heterocycles. The molecular formula is C22H20N8O5S3. The van der Waals surface area contributed by atoms with Gasteiger partial charge in [0.1, 0.15) is 40.0 Å². The molecule has 0 saturated carbocycles. The SMILES string of the molecule is C#CCO/N=C(\C(=O)N[C@@H]1C(=O)N2C(C(=O)O)=C(/C=C/CSc3cc(N)ncn3)CS[C@H]12)c1csc(N)n1. The molecule has 38 heavy (non-hydrogen) atoms. The smallest absolute Gasteiger partial charge is 0.352 e. The van der Waals surface area contributed by atoms with E-state index in [0.29, 0.717) is 27.9 Å². The number of carbonyl (C=O) groups is 3. The molecule has 13 nitrogen and oxygen atoms in total. The summed E-state index contributed by atoms with van der Waals surface area (Å²) in [6.07, 6.45) is 9.97. The van der Waals surface area contributed by atoms with Crippen LogP contribution >= 0.6 is 34.9 Å². The third kappa shape index (κ3) is 5.90. The molecule has 1 fully saturated rings. The van der Waals surface area contributed by atoms with E-state index in [2.05, 4.69) is 31.3 Å². The minimum Gasteiger partial charge on any atom is -0.477 e. The molecule has 2 aliphatic rings. The number of nitrogens with two attached hydrogens (primary N) is 2. The molecule has 196 valence electrons. The first-order valence-electron chi connectivity index (χ1n) is 10.7. The van der Waals surface area contributed by atoms with E-state index in [9.17, 15) is 19.5 Å². The van der Waals surface area contributed by atoms with Crippen LogP contribution in [-0.4, -0.2) is 78.0 Å². The number of oxime groups is 1. The number of amides is 2. The Labute approximate surface area is 228 Å². The Morgan fingerprint density at radius 1 is 1.42 bits per heavy atom. The molecular weight excluding hydrogens is 552 g/mol. The third-order valence-electron chi connectivity index (χ3n) is 5.08. The van der Waals surface area contributed by atoms with Gasteiger partial charge in [0, 0.05) is 23.0 Å². The first-order chi connectivity index (χ1) is 18.3. The van der Waals surface area contributed by atoms with Crippen LogP contribution in [-0.2, 0) is 19.2 Å². The van der Waals surface area contributed by atoms with Crippen LogP contribution in [0, 0.1) is 12.3 Å². The molecule has 0 spiro atoms. The number of nitrogen functional groups attached to an aromatic ring is 2. The molecule has 2 aromatic rings. The Bertz CT molecular complexity index is 1400. The summed E-state index contributed by atoms with van der Waals surface area (Å²) in [4.78, 5) is 56.1. The normalized spacial score (nSPS) is 19.1. The first-order valence-corrected chi connectivity index (χ1v) is 13.6. The van der Waals surface area contributed by atoms with Crippen LogP contribution in [0.15, 0.2) is 51.4 Å². The minimum atomic E-state index is -1.24. The molecule has 6 N–H and O–H groups in total. The lowest BCUT2D eigenvalue weighted by atomic mass is 10.0. The Balaban J connectivity index is 1.45. The van der Waals surface area contributed by atoms with Crippen molar-refractivity contribution < 1.29 is 24.3 Å². The van der Waals surface area contributed by atoms with Gasteiger partial charge >= 0.3 is 5.97 Å². The van der Waals surface area contributed by atoms with Gasteiger partial charge in [0.15, 0.2) is 17.5 Å².